The summed E-state index contributed by atoms with van der Waals surface area (Å²) >= 11 is 1.50. The van der Waals surface area contributed by atoms with Crippen LogP contribution >= 0.6 is 11.3 Å². The molecule has 21 heavy (non-hydrogen) atoms. The summed E-state index contributed by atoms with van der Waals surface area (Å²) in [7, 11) is 0. The Balaban J connectivity index is 1.65. The fourth-order valence-electron chi connectivity index (χ4n) is 2.32. The number of nitrogens with zero attached hydrogens (tertiary/aromatic N) is 4. The van der Waals surface area contributed by atoms with E-state index in [0.29, 0.717) is 6.61 Å². The van der Waals surface area contributed by atoms with E-state index >= 15 is 0 Å². The number of hydrogen-bond donors (Lipinski definition) is 0. The Hall–Kier alpha value is -2.15. The largest absolute Gasteiger partial charge is 0.485 e. The average molecular weight is 302 g/mol. The molecule has 0 N–H and O–H groups in total. The third-order valence-corrected chi connectivity index (χ3v) is 4.32. The molecule has 0 saturated carbocycles. The first-order valence-electron chi connectivity index (χ1n) is 6.94. The van der Waals surface area contributed by atoms with E-state index in [1.54, 1.807) is 0 Å². The van der Waals surface area contributed by atoms with Crippen molar-refractivity contribution < 1.29 is 9.47 Å². The number of hydrogen-bond acceptors (Lipinski definition) is 6. The second-order valence-electron chi connectivity index (χ2n) is 4.87. The molecule has 0 fully saturated rings. The van der Waals surface area contributed by atoms with E-state index in [-0.39, 0.29) is 6.10 Å². The maximum Gasteiger partial charge on any atom is 0.234 e. The predicted octanol–water partition coefficient (Wildman–Crippen LogP) is 2.65. The van der Waals surface area contributed by atoms with Crippen LogP contribution < -0.4 is 9.47 Å². The highest BCUT2D eigenvalue weighted by molar-refractivity contribution is 7.16. The van der Waals surface area contributed by atoms with Crippen LogP contribution in [-0.4, -0.2) is 26.4 Å². The molecule has 3 heterocycles. The molecule has 0 spiro atoms. The summed E-state index contributed by atoms with van der Waals surface area (Å²) in [5.41, 5.74) is 0. The van der Waals surface area contributed by atoms with Crippen molar-refractivity contribution in [3.8, 4) is 11.5 Å². The lowest BCUT2D eigenvalue weighted by Crippen LogP contribution is -2.21. The minimum Gasteiger partial charge on any atom is -0.485 e. The van der Waals surface area contributed by atoms with Gasteiger partial charge in [0.15, 0.2) is 28.4 Å². The number of aryl methyl sites for hydroxylation is 1. The highest BCUT2D eigenvalue weighted by Gasteiger charge is 2.26. The molecule has 1 aromatic carbocycles. The quantitative estimate of drug-likeness (QED) is 0.744. The molecule has 1 atom stereocenters. The third kappa shape index (κ3) is 2.13. The molecule has 0 saturated heterocycles. The molecule has 0 bridgehead atoms. The van der Waals surface area contributed by atoms with Gasteiger partial charge in [0, 0.05) is 6.42 Å². The van der Waals surface area contributed by atoms with Crippen LogP contribution in [-0.2, 0) is 6.42 Å². The maximum absolute atomic E-state index is 5.98. The first kappa shape index (κ1) is 12.6. The van der Waals surface area contributed by atoms with E-state index in [2.05, 4.69) is 22.2 Å². The van der Waals surface area contributed by atoms with Crippen LogP contribution in [0.15, 0.2) is 24.3 Å². The van der Waals surface area contributed by atoms with Gasteiger partial charge in [-0.15, -0.1) is 10.2 Å². The lowest BCUT2D eigenvalue weighted by atomic mass is 10.3. The van der Waals surface area contributed by atoms with Crippen molar-refractivity contribution in [3.05, 3.63) is 35.1 Å². The fraction of sp³-hybridized carbons (Fsp3) is 0.357. The van der Waals surface area contributed by atoms with Crippen LogP contribution in [0.4, 0.5) is 0 Å². The molecule has 1 aliphatic heterocycles. The summed E-state index contributed by atoms with van der Waals surface area (Å²) < 4.78 is 13.5. The summed E-state index contributed by atoms with van der Waals surface area (Å²) in [4.78, 5) is 0.802. The Bertz CT molecular complexity index is 782. The molecular formula is C14H14N4O2S. The zero-order valence-electron chi connectivity index (χ0n) is 11.5. The molecular weight excluding hydrogens is 288 g/mol. The first-order chi connectivity index (χ1) is 10.3. The van der Waals surface area contributed by atoms with Crippen molar-refractivity contribution in [3.63, 3.8) is 0 Å². The molecule has 0 amide bonds. The van der Waals surface area contributed by atoms with Crippen LogP contribution in [0.25, 0.3) is 4.96 Å². The first-order valence-corrected chi connectivity index (χ1v) is 7.76. The molecule has 4 rings (SSSR count). The monoisotopic (exact) mass is 302 g/mol. The molecule has 6 nitrogen and oxygen atoms in total. The second-order valence-corrected chi connectivity index (χ2v) is 5.85. The molecule has 1 aliphatic rings. The smallest absolute Gasteiger partial charge is 0.234 e. The molecule has 2 aromatic heterocycles. The molecule has 0 radical (unpaired) electrons. The highest BCUT2D eigenvalue weighted by atomic mass is 32.1. The van der Waals surface area contributed by atoms with E-state index in [4.69, 9.17) is 9.47 Å². The van der Waals surface area contributed by atoms with Crippen molar-refractivity contribution in [1.29, 1.82) is 0 Å². The average Bonchev–Trinajstić information content (AvgIpc) is 3.09. The van der Waals surface area contributed by atoms with E-state index in [0.717, 1.165) is 40.1 Å². The number of ether oxygens (including phenoxy) is 2. The molecule has 108 valence electrons. The van der Waals surface area contributed by atoms with Crippen LogP contribution in [0.2, 0.25) is 0 Å². The van der Waals surface area contributed by atoms with Gasteiger partial charge in [-0.05, 0) is 18.6 Å². The van der Waals surface area contributed by atoms with Gasteiger partial charge in [0.1, 0.15) is 6.61 Å². The predicted molar refractivity (Wildman–Crippen MR) is 78.0 cm³/mol. The van der Waals surface area contributed by atoms with Crippen molar-refractivity contribution in [1.82, 2.24) is 19.8 Å². The Labute approximate surface area is 125 Å². The Kier molecular flexibility index (Phi) is 2.99. The summed E-state index contributed by atoms with van der Waals surface area (Å²) in [5.74, 6) is 2.43. The van der Waals surface area contributed by atoms with Gasteiger partial charge in [-0.1, -0.05) is 30.4 Å². The standard InChI is InChI=1S/C14H14N4O2S/c1-2-5-12-15-16-14-18(12)17-13(21-14)11-8-19-9-6-3-4-7-10(9)20-11/h3-4,6-7,11H,2,5,8H2,1H3/t11-/m1/s1. The number of rotatable bonds is 3. The molecule has 0 aliphatic carbocycles. The Morgan fingerprint density at radius 3 is 3.00 bits per heavy atom. The topological polar surface area (TPSA) is 61.5 Å². The van der Waals surface area contributed by atoms with E-state index in [1.807, 2.05) is 28.8 Å². The minimum absolute atomic E-state index is 0.193. The molecule has 0 unspecified atom stereocenters. The van der Waals surface area contributed by atoms with Gasteiger partial charge in [0.2, 0.25) is 4.96 Å². The van der Waals surface area contributed by atoms with Gasteiger partial charge in [-0.2, -0.15) is 9.61 Å². The fourth-order valence-corrected chi connectivity index (χ4v) is 3.19. The summed E-state index contributed by atoms with van der Waals surface area (Å²) in [6, 6.07) is 7.68. The van der Waals surface area contributed by atoms with Gasteiger partial charge in [-0.25, -0.2) is 0 Å². The second kappa shape index (κ2) is 5.00. The summed E-state index contributed by atoms with van der Waals surface area (Å²) in [6.45, 7) is 2.58. The van der Waals surface area contributed by atoms with Crippen molar-refractivity contribution in [2.75, 3.05) is 6.61 Å². The van der Waals surface area contributed by atoms with Gasteiger partial charge in [0.05, 0.1) is 0 Å². The normalized spacial score (nSPS) is 17.3. The van der Waals surface area contributed by atoms with E-state index in [9.17, 15) is 0 Å². The van der Waals surface area contributed by atoms with Crippen molar-refractivity contribution >= 4 is 16.3 Å². The summed E-state index contributed by atoms with van der Waals surface area (Å²) in [5, 5.41) is 13.8. The van der Waals surface area contributed by atoms with Crippen molar-refractivity contribution in [2.24, 2.45) is 0 Å². The molecule has 7 heteroatoms. The maximum atomic E-state index is 5.98. The van der Waals surface area contributed by atoms with E-state index in [1.165, 1.54) is 11.3 Å². The van der Waals surface area contributed by atoms with Gasteiger partial charge >= 0.3 is 0 Å². The van der Waals surface area contributed by atoms with Crippen molar-refractivity contribution in [2.45, 2.75) is 25.9 Å². The zero-order chi connectivity index (χ0) is 14.2. The van der Waals surface area contributed by atoms with Crippen LogP contribution in [0.5, 0.6) is 11.5 Å². The van der Waals surface area contributed by atoms with Gasteiger partial charge < -0.3 is 9.47 Å². The lowest BCUT2D eigenvalue weighted by molar-refractivity contribution is 0.0904. The SMILES string of the molecule is CCCc1nnc2sc([C@H]3COc4ccccc4O3)nn12. The van der Waals surface area contributed by atoms with Crippen LogP contribution in [0.1, 0.15) is 30.3 Å². The zero-order valence-corrected chi connectivity index (χ0v) is 12.3. The van der Waals surface area contributed by atoms with Crippen LogP contribution in [0, 0.1) is 0 Å². The van der Waals surface area contributed by atoms with E-state index < -0.39 is 0 Å². The Morgan fingerprint density at radius 2 is 2.14 bits per heavy atom. The number of para-hydroxylation sites is 2. The highest BCUT2D eigenvalue weighted by Crippen LogP contribution is 2.36. The number of fused-ring (bicyclic) bond motifs is 2. The lowest BCUT2D eigenvalue weighted by Gasteiger charge is -2.24. The third-order valence-electron chi connectivity index (χ3n) is 3.33. The Morgan fingerprint density at radius 1 is 1.29 bits per heavy atom. The van der Waals surface area contributed by atoms with Crippen LogP contribution in [0.3, 0.4) is 0 Å². The van der Waals surface area contributed by atoms with Gasteiger partial charge in [-0.3, -0.25) is 0 Å². The number of benzene rings is 1. The van der Waals surface area contributed by atoms with Gasteiger partial charge in [0.25, 0.3) is 0 Å². The molecule has 3 aromatic rings. The summed E-state index contributed by atoms with van der Waals surface area (Å²) in [6.07, 6.45) is 1.69. The minimum atomic E-state index is -0.193. The number of aromatic nitrogens is 4.